The second-order valence-electron chi connectivity index (χ2n) is 7.57. The number of fused-ring (bicyclic) bond motifs is 2. The predicted octanol–water partition coefficient (Wildman–Crippen LogP) is 6.52. The molecular weight excluding hydrogens is 534 g/mol. The zero-order valence-corrected chi connectivity index (χ0v) is 21.1. The maximum Gasteiger partial charge on any atom is 0.282 e. The number of nitrogens with zero attached hydrogens (tertiary/aromatic N) is 3. The summed E-state index contributed by atoms with van der Waals surface area (Å²) in [5.41, 5.74) is 1.52. The van der Waals surface area contributed by atoms with Crippen LogP contribution in [0.3, 0.4) is 0 Å². The Morgan fingerprint density at radius 3 is 2.80 bits per heavy atom. The van der Waals surface area contributed by atoms with Crippen LogP contribution < -0.4 is 15.0 Å². The molecule has 0 atom stereocenters. The van der Waals surface area contributed by atoms with Crippen molar-refractivity contribution >= 4 is 55.6 Å². The van der Waals surface area contributed by atoms with Crippen molar-refractivity contribution in [3.05, 3.63) is 86.1 Å². The highest BCUT2D eigenvalue weighted by molar-refractivity contribution is 9.10. The van der Waals surface area contributed by atoms with Gasteiger partial charge in [-0.1, -0.05) is 39.7 Å². The van der Waals surface area contributed by atoms with E-state index in [0.717, 1.165) is 9.86 Å². The molecule has 0 saturated carbocycles. The van der Waals surface area contributed by atoms with Crippen LogP contribution in [0.15, 0.2) is 79.4 Å². The minimum Gasteiger partial charge on any atom is -0.491 e. The summed E-state index contributed by atoms with van der Waals surface area (Å²) < 4.78 is 19.2. The lowest BCUT2D eigenvalue weighted by atomic mass is 10.2. The van der Waals surface area contributed by atoms with Crippen LogP contribution in [0.1, 0.15) is 12.5 Å². The third-order valence-corrected chi connectivity index (χ3v) is 6.08. The summed E-state index contributed by atoms with van der Waals surface area (Å²) in [6, 6.07) is 18.1. The van der Waals surface area contributed by atoms with Gasteiger partial charge in [0.1, 0.15) is 5.58 Å². The predicted molar refractivity (Wildman–Crippen MR) is 141 cm³/mol. The lowest BCUT2D eigenvalue weighted by Crippen LogP contribution is -2.20. The van der Waals surface area contributed by atoms with E-state index >= 15 is 0 Å². The number of benzene rings is 3. The topological polar surface area (TPSA) is 78.9 Å². The Morgan fingerprint density at radius 1 is 1.17 bits per heavy atom. The lowest BCUT2D eigenvalue weighted by Gasteiger charge is -2.12. The zero-order valence-electron chi connectivity index (χ0n) is 18.8. The summed E-state index contributed by atoms with van der Waals surface area (Å²) in [7, 11) is 1.52. The van der Waals surface area contributed by atoms with E-state index in [1.54, 1.807) is 30.3 Å². The fourth-order valence-electron chi connectivity index (χ4n) is 3.76. The summed E-state index contributed by atoms with van der Waals surface area (Å²) in [6.45, 7) is 2.31. The fraction of sp³-hybridized carbons (Fsp3) is 0.115. The summed E-state index contributed by atoms with van der Waals surface area (Å²) >= 11 is 9.85. The largest absolute Gasteiger partial charge is 0.491 e. The van der Waals surface area contributed by atoms with E-state index in [1.165, 1.54) is 18.0 Å². The van der Waals surface area contributed by atoms with Gasteiger partial charge in [0.15, 0.2) is 17.3 Å². The van der Waals surface area contributed by atoms with Crippen molar-refractivity contribution in [2.75, 3.05) is 13.7 Å². The number of methoxy groups -OCH3 is 1. The molecule has 0 radical (unpaired) electrons. The number of hydrogen-bond acceptors (Lipinski definition) is 6. The molecule has 0 amide bonds. The fourth-order valence-corrected chi connectivity index (χ4v) is 4.44. The summed E-state index contributed by atoms with van der Waals surface area (Å²) in [5.74, 6) is 1.61. The number of para-hydroxylation sites is 1. The Labute approximate surface area is 213 Å². The average Bonchev–Trinajstić information content (AvgIpc) is 3.26. The normalized spacial score (nSPS) is 11.5. The Morgan fingerprint density at radius 2 is 2.00 bits per heavy atom. The molecule has 7 nitrogen and oxygen atoms in total. The van der Waals surface area contributed by atoms with Gasteiger partial charge in [0, 0.05) is 9.86 Å². The number of furan rings is 1. The monoisotopic (exact) mass is 551 g/mol. The van der Waals surface area contributed by atoms with Crippen LogP contribution in [-0.4, -0.2) is 29.6 Å². The maximum atomic E-state index is 13.4. The summed E-state index contributed by atoms with van der Waals surface area (Å²) in [4.78, 5) is 18.1. The molecule has 0 fully saturated rings. The van der Waals surface area contributed by atoms with Crippen molar-refractivity contribution < 1.29 is 13.9 Å². The van der Waals surface area contributed by atoms with Gasteiger partial charge in [0.25, 0.3) is 5.56 Å². The Bertz CT molecular complexity index is 1660. The highest BCUT2D eigenvalue weighted by atomic mass is 79.9. The molecule has 5 rings (SSSR count). The Kier molecular flexibility index (Phi) is 6.32. The molecule has 3 aromatic carbocycles. The number of rotatable bonds is 6. The molecule has 0 N–H and O–H groups in total. The highest BCUT2D eigenvalue weighted by Gasteiger charge is 2.17. The average molecular weight is 553 g/mol. The second kappa shape index (κ2) is 9.56. The van der Waals surface area contributed by atoms with E-state index in [-0.39, 0.29) is 11.4 Å². The number of aromatic nitrogens is 2. The molecule has 0 aliphatic heterocycles. The van der Waals surface area contributed by atoms with E-state index in [9.17, 15) is 4.79 Å². The van der Waals surface area contributed by atoms with Crippen LogP contribution in [0, 0.1) is 0 Å². The Balaban J connectivity index is 1.69. The van der Waals surface area contributed by atoms with E-state index in [1.807, 2.05) is 37.3 Å². The molecule has 0 unspecified atom stereocenters. The van der Waals surface area contributed by atoms with Gasteiger partial charge in [-0.2, -0.15) is 9.78 Å². The van der Waals surface area contributed by atoms with Gasteiger partial charge in [0.2, 0.25) is 5.82 Å². The van der Waals surface area contributed by atoms with E-state index in [4.69, 9.17) is 30.5 Å². The number of hydrogen-bond donors (Lipinski definition) is 0. The van der Waals surface area contributed by atoms with Crippen LogP contribution in [0.25, 0.3) is 33.5 Å². The molecule has 0 bridgehead atoms. The molecule has 2 aromatic heterocycles. The van der Waals surface area contributed by atoms with Gasteiger partial charge in [-0.25, -0.2) is 4.98 Å². The highest BCUT2D eigenvalue weighted by Crippen LogP contribution is 2.36. The summed E-state index contributed by atoms with van der Waals surface area (Å²) in [6.07, 6.45) is 1.52. The third-order valence-electron chi connectivity index (χ3n) is 5.31. The smallest absolute Gasteiger partial charge is 0.282 e. The molecule has 35 heavy (non-hydrogen) atoms. The molecule has 0 spiro atoms. The van der Waals surface area contributed by atoms with Crippen molar-refractivity contribution in [3.8, 4) is 23.1 Å². The molecular formula is C26H19BrClN3O4. The standard InChI is InChI=1S/C26H19BrClN3O4/c1-3-34-22-11-15(10-19(28)24(22)33-2)14-29-31-25(30-20-7-5-4-6-18(20)26(31)32)23-13-16-12-17(27)8-9-21(16)35-23/h4-14H,3H2,1-2H3. The molecule has 176 valence electrons. The first kappa shape index (κ1) is 23.1. The molecule has 0 aliphatic carbocycles. The van der Waals surface area contributed by atoms with Gasteiger partial charge >= 0.3 is 0 Å². The van der Waals surface area contributed by atoms with Crippen molar-refractivity contribution in [1.29, 1.82) is 0 Å². The second-order valence-corrected chi connectivity index (χ2v) is 8.90. The van der Waals surface area contributed by atoms with Crippen molar-refractivity contribution in [2.45, 2.75) is 6.92 Å². The van der Waals surface area contributed by atoms with Crippen LogP contribution in [0.5, 0.6) is 11.5 Å². The van der Waals surface area contributed by atoms with Crippen molar-refractivity contribution in [3.63, 3.8) is 0 Å². The first-order valence-corrected chi connectivity index (χ1v) is 11.9. The zero-order chi connectivity index (χ0) is 24.5. The number of ether oxygens (including phenoxy) is 2. The van der Waals surface area contributed by atoms with E-state index < -0.39 is 0 Å². The van der Waals surface area contributed by atoms with Gasteiger partial charge in [-0.15, -0.1) is 0 Å². The maximum absolute atomic E-state index is 13.4. The molecule has 0 aliphatic rings. The lowest BCUT2D eigenvalue weighted by molar-refractivity contribution is 0.311. The molecule has 5 aromatic rings. The quantitative estimate of drug-likeness (QED) is 0.224. The van der Waals surface area contributed by atoms with E-state index in [0.29, 0.717) is 50.9 Å². The molecule has 0 saturated heterocycles. The van der Waals surface area contributed by atoms with Crippen LogP contribution in [0.2, 0.25) is 5.02 Å². The van der Waals surface area contributed by atoms with Crippen LogP contribution in [0.4, 0.5) is 0 Å². The minimum atomic E-state index is -0.326. The van der Waals surface area contributed by atoms with Gasteiger partial charge in [-0.3, -0.25) is 4.79 Å². The van der Waals surface area contributed by atoms with Gasteiger partial charge < -0.3 is 13.9 Å². The van der Waals surface area contributed by atoms with Gasteiger partial charge in [0.05, 0.1) is 35.9 Å². The Hall–Kier alpha value is -3.62. The van der Waals surface area contributed by atoms with Crippen molar-refractivity contribution in [2.24, 2.45) is 5.10 Å². The van der Waals surface area contributed by atoms with Crippen molar-refractivity contribution in [1.82, 2.24) is 9.66 Å². The minimum absolute atomic E-state index is 0.280. The molecule has 9 heteroatoms. The van der Waals surface area contributed by atoms with Crippen LogP contribution >= 0.6 is 27.5 Å². The third kappa shape index (κ3) is 4.42. The first-order valence-electron chi connectivity index (χ1n) is 10.7. The van der Waals surface area contributed by atoms with Gasteiger partial charge in [-0.05, 0) is 61.0 Å². The van der Waals surface area contributed by atoms with E-state index in [2.05, 4.69) is 21.0 Å². The first-order chi connectivity index (χ1) is 17.0. The SMILES string of the molecule is CCOc1cc(C=Nn2c(-c3cc4cc(Br)ccc4o3)nc3ccccc3c2=O)cc(Cl)c1OC. The number of halogens is 2. The molecule has 2 heterocycles. The summed E-state index contributed by atoms with van der Waals surface area (Å²) in [5, 5.41) is 6.16. The van der Waals surface area contributed by atoms with Crippen LogP contribution in [-0.2, 0) is 0 Å².